The first-order valence-electron chi connectivity index (χ1n) is 5.78. The molecule has 1 amide bonds. The van der Waals surface area contributed by atoms with Crippen molar-refractivity contribution in [2.45, 2.75) is 32.6 Å². The van der Waals surface area contributed by atoms with E-state index >= 15 is 0 Å². The summed E-state index contributed by atoms with van der Waals surface area (Å²) in [6.07, 6.45) is 3.70. The summed E-state index contributed by atoms with van der Waals surface area (Å²) in [4.78, 5) is 23.0. The van der Waals surface area contributed by atoms with Gasteiger partial charge in [0.25, 0.3) is 0 Å². The maximum Gasteiger partial charge on any atom is 0.325 e. The third-order valence-corrected chi connectivity index (χ3v) is 3.13. The highest BCUT2D eigenvalue weighted by atomic mass is 35.5. The minimum Gasteiger partial charge on any atom is -0.465 e. The zero-order chi connectivity index (χ0) is 12.0. The molecule has 100 valence electrons. The van der Waals surface area contributed by atoms with Gasteiger partial charge in [0.2, 0.25) is 5.91 Å². The second-order valence-corrected chi connectivity index (χ2v) is 4.18. The molecule has 1 fully saturated rings. The van der Waals surface area contributed by atoms with Crippen LogP contribution in [0, 0.1) is 5.41 Å². The van der Waals surface area contributed by atoms with Crippen LogP contribution < -0.4 is 11.1 Å². The van der Waals surface area contributed by atoms with Crippen LogP contribution in [0.3, 0.4) is 0 Å². The van der Waals surface area contributed by atoms with Crippen LogP contribution in [0.1, 0.15) is 32.6 Å². The molecule has 6 heteroatoms. The SMILES string of the molecule is CCOC(=O)CNC(=O)C1(CN)CCCC1.Cl. The van der Waals surface area contributed by atoms with Crippen LogP contribution in [0.15, 0.2) is 0 Å². The molecule has 1 rings (SSSR count). The first-order chi connectivity index (χ1) is 7.64. The quantitative estimate of drug-likeness (QED) is 0.713. The van der Waals surface area contributed by atoms with Crippen molar-refractivity contribution in [2.75, 3.05) is 19.7 Å². The van der Waals surface area contributed by atoms with Crippen LogP contribution in [0.2, 0.25) is 0 Å². The Bertz CT molecular complexity index is 265. The van der Waals surface area contributed by atoms with Gasteiger partial charge >= 0.3 is 5.97 Å². The predicted molar refractivity (Wildman–Crippen MR) is 66.8 cm³/mol. The van der Waals surface area contributed by atoms with E-state index in [2.05, 4.69) is 5.32 Å². The van der Waals surface area contributed by atoms with Crippen LogP contribution in [0.25, 0.3) is 0 Å². The second kappa shape index (κ2) is 7.50. The van der Waals surface area contributed by atoms with Crippen molar-refractivity contribution in [2.24, 2.45) is 11.1 Å². The van der Waals surface area contributed by atoms with Crippen LogP contribution >= 0.6 is 12.4 Å². The molecule has 1 aliphatic carbocycles. The Morgan fingerprint density at radius 1 is 1.35 bits per heavy atom. The molecular weight excluding hydrogens is 244 g/mol. The molecule has 0 aromatic rings. The molecule has 0 spiro atoms. The third kappa shape index (κ3) is 4.16. The number of nitrogens with two attached hydrogens (primary N) is 1. The molecule has 0 atom stereocenters. The van der Waals surface area contributed by atoms with Crippen molar-refractivity contribution in [3.8, 4) is 0 Å². The summed E-state index contributed by atoms with van der Waals surface area (Å²) in [5.74, 6) is -0.512. The average Bonchev–Trinajstić information content (AvgIpc) is 2.76. The molecule has 0 aliphatic heterocycles. The first-order valence-corrected chi connectivity index (χ1v) is 5.78. The molecule has 0 aromatic heterocycles. The van der Waals surface area contributed by atoms with Gasteiger partial charge < -0.3 is 15.8 Å². The summed E-state index contributed by atoms with van der Waals surface area (Å²) in [6, 6.07) is 0. The molecule has 0 saturated heterocycles. The lowest BCUT2D eigenvalue weighted by Gasteiger charge is -2.25. The molecular formula is C11H21ClN2O3. The molecule has 3 N–H and O–H groups in total. The van der Waals surface area contributed by atoms with Gasteiger partial charge in [-0.1, -0.05) is 12.8 Å². The van der Waals surface area contributed by atoms with E-state index in [9.17, 15) is 9.59 Å². The van der Waals surface area contributed by atoms with Crippen molar-refractivity contribution < 1.29 is 14.3 Å². The summed E-state index contributed by atoms with van der Waals surface area (Å²) in [7, 11) is 0. The Kier molecular flexibility index (Phi) is 7.15. The lowest BCUT2D eigenvalue weighted by molar-refractivity contribution is -0.144. The van der Waals surface area contributed by atoms with Gasteiger partial charge in [0, 0.05) is 6.54 Å². The standard InChI is InChI=1S/C11H20N2O3.ClH/c1-2-16-9(14)7-13-10(15)11(8-12)5-3-4-6-11;/h2-8,12H2,1H3,(H,13,15);1H. The van der Waals surface area contributed by atoms with Crippen molar-refractivity contribution in [3.05, 3.63) is 0 Å². The predicted octanol–water partition coefficient (Wildman–Crippen LogP) is 0.607. The van der Waals surface area contributed by atoms with Crippen molar-refractivity contribution in [3.63, 3.8) is 0 Å². The number of hydrogen-bond donors (Lipinski definition) is 2. The zero-order valence-corrected chi connectivity index (χ0v) is 11.0. The van der Waals surface area contributed by atoms with E-state index in [0.29, 0.717) is 13.2 Å². The number of amides is 1. The molecule has 1 saturated carbocycles. The number of rotatable bonds is 5. The topological polar surface area (TPSA) is 81.4 Å². The highest BCUT2D eigenvalue weighted by molar-refractivity contribution is 5.86. The van der Waals surface area contributed by atoms with E-state index in [1.807, 2.05) is 0 Å². The van der Waals surface area contributed by atoms with E-state index in [-0.39, 0.29) is 24.9 Å². The zero-order valence-electron chi connectivity index (χ0n) is 10.2. The average molecular weight is 265 g/mol. The van der Waals surface area contributed by atoms with Crippen molar-refractivity contribution in [1.29, 1.82) is 0 Å². The summed E-state index contributed by atoms with van der Waals surface area (Å²) in [5.41, 5.74) is 5.21. The molecule has 0 unspecified atom stereocenters. The van der Waals surface area contributed by atoms with Gasteiger partial charge in [0.1, 0.15) is 6.54 Å². The molecule has 0 aromatic carbocycles. The maximum absolute atomic E-state index is 11.9. The minimum absolute atomic E-state index is 0. The van der Waals surface area contributed by atoms with Crippen LogP contribution in [-0.4, -0.2) is 31.6 Å². The smallest absolute Gasteiger partial charge is 0.325 e. The van der Waals surface area contributed by atoms with Gasteiger partial charge in [-0.3, -0.25) is 9.59 Å². The normalized spacial score (nSPS) is 17.1. The highest BCUT2D eigenvalue weighted by Gasteiger charge is 2.39. The molecule has 0 radical (unpaired) electrons. The Morgan fingerprint density at radius 2 is 1.94 bits per heavy atom. The number of carbonyl (C=O) groups excluding carboxylic acids is 2. The summed E-state index contributed by atoms with van der Waals surface area (Å²) in [5, 5.41) is 2.61. The van der Waals surface area contributed by atoms with E-state index in [4.69, 9.17) is 10.5 Å². The highest BCUT2D eigenvalue weighted by Crippen LogP contribution is 2.37. The molecule has 0 bridgehead atoms. The Hall–Kier alpha value is -0.810. The van der Waals surface area contributed by atoms with Gasteiger partial charge in [0.15, 0.2) is 0 Å². The van der Waals surface area contributed by atoms with Crippen LogP contribution in [0.4, 0.5) is 0 Å². The van der Waals surface area contributed by atoms with Gasteiger partial charge in [-0.25, -0.2) is 0 Å². The molecule has 5 nitrogen and oxygen atoms in total. The maximum atomic E-state index is 11.9. The number of halogens is 1. The van der Waals surface area contributed by atoms with Crippen LogP contribution in [0.5, 0.6) is 0 Å². The number of nitrogens with one attached hydrogen (secondary N) is 1. The fourth-order valence-electron chi connectivity index (χ4n) is 2.13. The summed E-state index contributed by atoms with van der Waals surface area (Å²) in [6.45, 7) is 2.35. The first kappa shape index (κ1) is 16.2. The Morgan fingerprint density at radius 3 is 2.41 bits per heavy atom. The molecule has 17 heavy (non-hydrogen) atoms. The monoisotopic (exact) mass is 264 g/mol. The van der Waals surface area contributed by atoms with Crippen LogP contribution in [-0.2, 0) is 14.3 Å². The number of esters is 1. The summed E-state index contributed by atoms with van der Waals surface area (Å²) >= 11 is 0. The largest absolute Gasteiger partial charge is 0.465 e. The minimum atomic E-state index is -0.452. The fourth-order valence-corrected chi connectivity index (χ4v) is 2.13. The lowest BCUT2D eigenvalue weighted by Crippen LogP contribution is -2.45. The van der Waals surface area contributed by atoms with Gasteiger partial charge in [-0.15, -0.1) is 12.4 Å². The van der Waals surface area contributed by atoms with Crippen molar-refractivity contribution >= 4 is 24.3 Å². The number of carbonyl (C=O) groups is 2. The number of hydrogen-bond acceptors (Lipinski definition) is 4. The number of ether oxygens (including phenoxy) is 1. The lowest BCUT2D eigenvalue weighted by atomic mass is 9.85. The van der Waals surface area contributed by atoms with E-state index in [1.165, 1.54) is 0 Å². The fraction of sp³-hybridized carbons (Fsp3) is 0.818. The molecule has 1 aliphatic rings. The van der Waals surface area contributed by atoms with E-state index in [0.717, 1.165) is 25.7 Å². The van der Waals surface area contributed by atoms with Gasteiger partial charge in [-0.05, 0) is 19.8 Å². The van der Waals surface area contributed by atoms with E-state index < -0.39 is 11.4 Å². The van der Waals surface area contributed by atoms with Gasteiger partial charge in [-0.2, -0.15) is 0 Å². The summed E-state index contributed by atoms with van der Waals surface area (Å²) < 4.78 is 4.74. The van der Waals surface area contributed by atoms with E-state index in [1.54, 1.807) is 6.92 Å². The molecule has 0 heterocycles. The van der Waals surface area contributed by atoms with Gasteiger partial charge in [0.05, 0.1) is 12.0 Å². The van der Waals surface area contributed by atoms with Crippen molar-refractivity contribution in [1.82, 2.24) is 5.32 Å². The Balaban J connectivity index is 0.00000256. The third-order valence-electron chi connectivity index (χ3n) is 3.13. The Labute approximate surface area is 108 Å². The second-order valence-electron chi connectivity index (χ2n) is 4.18.